The quantitative estimate of drug-likeness (QED) is 0.805. The van der Waals surface area contributed by atoms with Crippen LogP contribution in [0.25, 0.3) is 0 Å². The third-order valence-corrected chi connectivity index (χ3v) is 3.08. The third kappa shape index (κ3) is 3.74. The molecule has 2 aromatic rings. The predicted octanol–water partition coefficient (Wildman–Crippen LogP) is 1.38. The highest BCUT2D eigenvalue weighted by atomic mass is 79.9. The number of carbonyl (C=O) groups is 1. The highest BCUT2D eigenvalue weighted by Gasteiger charge is 2.12. The topological polar surface area (TPSA) is 75.6 Å². The molecule has 20 heavy (non-hydrogen) atoms. The maximum atomic E-state index is 11.6. The van der Waals surface area contributed by atoms with E-state index in [1.54, 1.807) is 0 Å². The predicted molar refractivity (Wildman–Crippen MR) is 72.9 cm³/mol. The molecule has 0 aliphatic rings. The molecule has 0 amide bonds. The van der Waals surface area contributed by atoms with E-state index in [0.29, 0.717) is 17.7 Å². The molecule has 2 heterocycles. The highest BCUT2D eigenvalue weighted by molar-refractivity contribution is 9.10. The lowest BCUT2D eigenvalue weighted by Gasteiger charge is -2.06. The van der Waals surface area contributed by atoms with Gasteiger partial charge in [-0.15, -0.1) is 4.73 Å². The summed E-state index contributed by atoms with van der Waals surface area (Å²) in [4.78, 5) is 16.4. The Morgan fingerprint density at radius 2 is 2.00 bits per heavy atom. The van der Waals surface area contributed by atoms with Crippen LogP contribution in [0, 0.1) is 0 Å². The Hall–Kier alpha value is -2.02. The molecule has 0 aliphatic heterocycles. The first-order chi connectivity index (χ1) is 9.56. The van der Waals surface area contributed by atoms with Crippen LogP contribution in [0.4, 0.5) is 0 Å². The molecule has 0 unspecified atom stereocenters. The second-order valence-corrected chi connectivity index (χ2v) is 5.09. The van der Waals surface area contributed by atoms with Gasteiger partial charge in [-0.25, -0.2) is 9.36 Å². The first-order valence-corrected chi connectivity index (χ1v) is 6.81. The van der Waals surface area contributed by atoms with Crippen molar-refractivity contribution in [3.63, 3.8) is 0 Å². The van der Waals surface area contributed by atoms with Crippen LogP contribution in [0.3, 0.4) is 0 Å². The van der Waals surface area contributed by atoms with Gasteiger partial charge in [0, 0.05) is 24.6 Å². The maximum absolute atomic E-state index is 11.6. The van der Waals surface area contributed by atoms with E-state index in [-0.39, 0.29) is 18.2 Å². The van der Waals surface area contributed by atoms with Crippen molar-refractivity contribution in [1.29, 1.82) is 0 Å². The molecule has 6 nitrogen and oxygen atoms in total. The maximum Gasteiger partial charge on any atom is 0.333 e. The molecule has 106 valence electrons. The minimum Gasteiger partial charge on any atom is -0.492 e. The first kappa shape index (κ1) is 14.4. The van der Waals surface area contributed by atoms with Gasteiger partial charge in [-0.3, -0.25) is 0 Å². The zero-order chi connectivity index (χ0) is 14.5. The third-order valence-electron chi connectivity index (χ3n) is 2.61. The molecule has 0 bridgehead atoms. The summed E-state index contributed by atoms with van der Waals surface area (Å²) >= 11 is 3.37. The lowest BCUT2D eigenvalue weighted by atomic mass is 10.3. The summed E-state index contributed by atoms with van der Waals surface area (Å²) < 4.78 is 3.60. The van der Waals surface area contributed by atoms with Gasteiger partial charge in [-0.05, 0) is 22.0 Å². The molecule has 0 fully saturated rings. The molecular weight excluding hydrogens is 328 g/mol. The van der Waals surface area contributed by atoms with Crippen molar-refractivity contribution in [2.45, 2.75) is 19.4 Å². The lowest BCUT2D eigenvalue weighted by Crippen LogP contribution is -2.33. The van der Waals surface area contributed by atoms with Crippen molar-refractivity contribution in [3.05, 3.63) is 41.1 Å². The van der Waals surface area contributed by atoms with Crippen molar-refractivity contribution in [2.75, 3.05) is 0 Å². The number of rotatable bonds is 5. The monoisotopic (exact) mass is 341 g/mol. The Labute approximate surface area is 123 Å². The lowest BCUT2D eigenvalue weighted by molar-refractivity contribution is -0.697. The van der Waals surface area contributed by atoms with Crippen LogP contribution in [-0.4, -0.2) is 20.9 Å². The number of nitrogens with zero attached hydrogens (tertiary/aromatic N) is 2. The fraction of sp³-hybridized carbons (Fsp3) is 0.231. The second kappa shape index (κ2) is 6.42. The van der Waals surface area contributed by atoms with E-state index >= 15 is 0 Å². The number of carbonyl (C=O) groups excluding carboxylic acids is 1. The van der Waals surface area contributed by atoms with Gasteiger partial charge >= 0.3 is 5.97 Å². The normalized spacial score (nSPS) is 10.4. The number of aromatic hydroxyl groups is 2. The van der Waals surface area contributed by atoms with Crippen molar-refractivity contribution in [2.24, 2.45) is 0 Å². The molecule has 0 saturated heterocycles. The number of hydrogen-bond donors (Lipinski definition) is 2. The van der Waals surface area contributed by atoms with Crippen molar-refractivity contribution in [1.82, 2.24) is 4.73 Å². The van der Waals surface area contributed by atoms with E-state index in [2.05, 4.69) is 15.9 Å². The minimum atomic E-state index is -0.526. The molecule has 2 rings (SSSR count). The summed E-state index contributed by atoms with van der Waals surface area (Å²) in [7, 11) is 0. The Kier molecular flexibility index (Phi) is 4.62. The van der Waals surface area contributed by atoms with Crippen LogP contribution in [-0.2, 0) is 11.3 Å². The SMILES string of the molecule is O=C(CCC[n+]1cccc(Br)c1)On1c(O)ccc1O. The Balaban J connectivity index is 1.81. The summed E-state index contributed by atoms with van der Waals surface area (Å²) in [5.74, 6) is -1.17. The van der Waals surface area contributed by atoms with Gasteiger partial charge in [-0.2, -0.15) is 0 Å². The smallest absolute Gasteiger partial charge is 0.333 e. The van der Waals surface area contributed by atoms with Gasteiger partial charge in [0.1, 0.15) is 6.54 Å². The van der Waals surface area contributed by atoms with E-state index < -0.39 is 5.97 Å². The van der Waals surface area contributed by atoms with E-state index in [1.165, 1.54) is 12.1 Å². The largest absolute Gasteiger partial charge is 0.492 e. The molecule has 0 radical (unpaired) electrons. The van der Waals surface area contributed by atoms with Crippen LogP contribution in [0.15, 0.2) is 41.1 Å². The van der Waals surface area contributed by atoms with Gasteiger partial charge < -0.3 is 15.1 Å². The Morgan fingerprint density at radius 1 is 1.30 bits per heavy atom. The van der Waals surface area contributed by atoms with Crippen molar-refractivity contribution in [3.8, 4) is 11.8 Å². The van der Waals surface area contributed by atoms with Gasteiger partial charge in [-0.1, -0.05) is 0 Å². The van der Waals surface area contributed by atoms with Crippen molar-refractivity contribution >= 4 is 21.9 Å². The first-order valence-electron chi connectivity index (χ1n) is 6.02. The zero-order valence-corrected chi connectivity index (χ0v) is 12.2. The molecule has 7 heteroatoms. The summed E-state index contributed by atoms with van der Waals surface area (Å²) in [5.41, 5.74) is 0. The number of halogens is 1. The molecule has 0 saturated carbocycles. The summed E-state index contributed by atoms with van der Waals surface area (Å²) in [6.45, 7) is 0.665. The second-order valence-electron chi connectivity index (χ2n) is 4.17. The summed E-state index contributed by atoms with van der Waals surface area (Å²) in [6.07, 6.45) is 4.58. The fourth-order valence-corrected chi connectivity index (χ4v) is 2.09. The minimum absolute atomic E-state index is 0.177. The molecule has 0 atom stereocenters. The Bertz CT molecular complexity index is 593. The van der Waals surface area contributed by atoms with E-state index in [9.17, 15) is 15.0 Å². The Morgan fingerprint density at radius 3 is 2.65 bits per heavy atom. The number of aryl methyl sites for hydroxylation is 1. The number of pyridine rings is 1. The van der Waals surface area contributed by atoms with E-state index in [1.807, 2.05) is 29.1 Å². The van der Waals surface area contributed by atoms with Gasteiger partial charge in [0.05, 0.1) is 10.9 Å². The van der Waals surface area contributed by atoms with Gasteiger partial charge in [0.25, 0.3) is 0 Å². The van der Waals surface area contributed by atoms with Crippen LogP contribution in [0.1, 0.15) is 12.8 Å². The van der Waals surface area contributed by atoms with E-state index in [4.69, 9.17) is 4.84 Å². The molecular formula is C13H14BrN2O4+. The molecule has 0 aliphatic carbocycles. The van der Waals surface area contributed by atoms with Crippen LogP contribution >= 0.6 is 15.9 Å². The average molecular weight is 342 g/mol. The molecule has 0 aromatic carbocycles. The van der Waals surface area contributed by atoms with Gasteiger partial charge in [0.2, 0.25) is 11.8 Å². The van der Waals surface area contributed by atoms with Crippen molar-refractivity contribution < 1.29 is 24.4 Å². The molecule has 2 aromatic heterocycles. The average Bonchev–Trinajstić information content (AvgIpc) is 2.71. The van der Waals surface area contributed by atoms with Crippen LogP contribution < -0.4 is 9.40 Å². The number of hydrogen-bond acceptors (Lipinski definition) is 4. The fourth-order valence-electron chi connectivity index (χ4n) is 1.68. The summed E-state index contributed by atoms with van der Waals surface area (Å²) in [6, 6.07) is 6.29. The van der Waals surface area contributed by atoms with Gasteiger partial charge in [0.15, 0.2) is 12.4 Å². The van der Waals surface area contributed by atoms with Crippen LogP contribution in [0.2, 0.25) is 0 Å². The zero-order valence-electron chi connectivity index (χ0n) is 10.6. The van der Waals surface area contributed by atoms with Crippen LogP contribution in [0.5, 0.6) is 11.8 Å². The summed E-state index contributed by atoms with van der Waals surface area (Å²) in [5, 5.41) is 18.7. The standard InChI is InChI=1S/C13H13BrN2O4/c14-10-3-1-7-15(9-10)8-2-4-13(19)20-16-11(17)5-6-12(16)18/h1,3,5-7,9H,2,4,8H2,(H-,17,18)/p+1. The molecule has 2 N–H and O–H groups in total. The number of aromatic nitrogens is 2. The van der Waals surface area contributed by atoms with E-state index in [0.717, 1.165) is 4.47 Å². The highest BCUT2D eigenvalue weighted by Crippen LogP contribution is 2.18. The molecule has 0 spiro atoms.